The standard InChI is InChI=1S/C20H26N2O/c1-4-21-14-16-9-8-12-18(13-16)22-20(23)19(15(2)3)17-10-6-5-7-11-17/h5-13,15,19,21H,4,14H2,1-3H3,(H,22,23). The van der Waals surface area contributed by atoms with Gasteiger partial charge in [-0.3, -0.25) is 4.79 Å². The highest BCUT2D eigenvalue weighted by Crippen LogP contribution is 2.26. The van der Waals surface area contributed by atoms with Gasteiger partial charge in [-0.15, -0.1) is 0 Å². The molecule has 23 heavy (non-hydrogen) atoms. The van der Waals surface area contributed by atoms with Crippen LogP contribution in [0, 0.1) is 5.92 Å². The second kappa shape index (κ2) is 8.49. The Balaban J connectivity index is 2.13. The average molecular weight is 310 g/mol. The van der Waals surface area contributed by atoms with Crippen LogP contribution in [-0.4, -0.2) is 12.5 Å². The van der Waals surface area contributed by atoms with E-state index in [1.54, 1.807) is 0 Å². The lowest BCUT2D eigenvalue weighted by Crippen LogP contribution is -2.25. The maximum atomic E-state index is 12.8. The summed E-state index contributed by atoms with van der Waals surface area (Å²) in [6.07, 6.45) is 0. The summed E-state index contributed by atoms with van der Waals surface area (Å²) in [7, 11) is 0. The molecule has 2 aromatic carbocycles. The van der Waals surface area contributed by atoms with Gasteiger partial charge in [-0.1, -0.05) is 63.2 Å². The highest BCUT2D eigenvalue weighted by atomic mass is 16.1. The third-order valence-corrected chi connectivity index (χ3v) is 3.88. The minimum atomic E-state index is -0.145. The summed E-state index contributed by atoms with van der Waals surface area (Å²) in [6.45, 7) is 7.99. The molecule has 0 bridgehead atoms. The van der Waals surface area contributed by atoms with Gasteiger partial charge in [0.2, 0.25) is 5.91 Å². The predicted molar refractivity (Wildman–Crippen MR) is 96.5 cm³/mol. The Morgan fingerprint density at radius 3 is 2.43 bits per heavy atom. The van der Waals surface area contributed by atoms with Gasteiger partial charge in [0.15, 0.2) is 0 Å². The molecule has 1 unspecified atom stereocenters. The maximum Gasteiger partial charge on any atom is 0.232 e. The number of carbonyl (C=O) groups is 1. The summed E-state index contributed by atoms with van der Waals surface area (Å²) in [5.74, 6) is 0.141. The van der Waals surface area contributed by atoms with Crippen molar-refractivity contribution >= 4 is 11.6 Å². The number of carbonyl (C=O) groups excluding carboxylic acids is 1. The van der Waals surface area contributed by atoms with Crippen LogP contribution in [0.2, 0.25) is 0 Å². The van der Waals surface area contributed by atoms with Gasteiger partial charge in [0, 0.05) is 12.2 Å². The maximum absolute atomic E-state index is 12.8. The minimum absolute atomic E-state index is 0.0480. The fraction of sp³-hybridized carbons (Fsp3) is 0.350. The van der Waals surface area contributed by atoms with Crippen molar-refractivity contribution < 1.29 is 4.79 Å². The van der Waals surface area contributed by atoms with Crippen LogP contribution in [0.1, 0.15) is 37.8 Å². The topological polar surface area (TPSA) is 41.1 Å². The van der Waals surface area contributed by atoms with E-state index in [2.05, 4.69) is 37.5 Å². The Labute approximate surface area is 139 Å². The van der Waals surface area contributed by atoms with Gasteiger partial charge in [-0.2, -0.15) is 0 Å². The van der Waals surface area contributed by atoms with E-state index in [9.17, 15) is 4.79 Å². The van der Waals surface area contributed by atoms with Crippen molar-refractivity contribution in [2.75, 3.05) is 11.9 Å². The first-order chi connectivity index (χ1) is 11.1. The van der Waals surface area contributed by atoms with Gasteiger partial charge in [0.1, 0.15) is 0 Å². The molecular weight excluding hydrogens is 284 g/mol. The van der Waals surface area contributed by atoms with Crippen LogP contribution in [0.15, 0.2) is 54.6 Å². The third-order valence-electron chi connectivity index (χ3n) is 3.88. The molecule has 2 N–H and O–H groups in total. The molecule has 1 atom stereocenters. The average Bonchev–Trinajstić information content (AvgIpc) is 2.54. The summed E-state index contributed by atoms with van der Waals surface area (Å²) < 4.78 is 0. The number of rotatable bonds is 7. The number of anilines is 1. The SMILES string of the molecule is CCNCc1cccc(NC(=O)C(c2ccccc2)C(C)C)c1. The van der Waals surface area contributed by atoms with Crippen molar-refractivity contribution in [1.82, 2.24) is 5.32 Å². The molecule has 3 nitrogen and oxygen atoms in total. The molecule has 122 valence electrons. The monoisotopic (exact) mass is 310 g/mol. The number of hydrogen-bond donors (Lipinski definition) is 2. The van der Waals surface area contributed by atoms with Crippen LogP contribution in [-0.2, 0) is 11.3 Å². The number of benzene rings is 2. The lowest BCUT2D eigenvalue weighted by atomic mass is 9.87. The zero-order valence-electron chi connectivity index (χ0n) is 14.2. The zero-order valence-corrected chi connectivity index (χ0v) is 14.2. The van der Waals surface area contributed by atoms with E-state index in [1.165, 1.54) is 5.56 Å². The van der Waals surface area contributed by atoms with Crippen LogP contribution in [0.4, 0.5) is 5.69 Å². The Bertz CT molecular complexity index is 623. The van der Waals surface area contributed by atoms with E-state index < -0.39 is 0 Å². The second-order valence-corrected chi connectivity index (χ2v) is 6.10. The van der Waals surface area contributed by atoms with Crippen molar-refractivity contribution in [2.24, 2.45) is 5.92 Å². The van der Waals surface area contributed by atoms with E-state index in [0.29, 0.717) is 0 Å². The predicted octanol–water partition coefficient (Wildman–Crippen LogP) is 4.17. The Morgan fingerprint density at radius 2 is 1.78 bits per heavy atom. The van der Waals surface area contributed by atoms with Gasteiger partial charge in [0.25, 0.3) is 0 Å². The molecule has 0 heterocycles. The summed E-state index contributed by atoms with van der Waals surface area (Å²) in [6, 6.07) is 18.0. The molecule has 1 amide bonds. The van der Waals surface area contributed by atoms with Crippen molar-refractivity contribution in [3.8, 4) is 0 Å². The highest BCUT2D eigenvalue weighted by molar-refractivity contribution is 5.96. The normalized spacial score (nSPS) is 12.2. The lowest BCUT2D eigenvalue weighted by molar-refractivity contribution is -0.118. The van der Waals surface area contributed by atoms with E-state index >= 15 is 0 Å². The van der Waals surface area contributed by atoms with E-state index in [1.807, 2.05) is 48.5 Å². The smallest absolute Gasteiger partial charge is 0.232 e. The first kappa shape index (κ1) is 17.2. The van der Waals surface area contributed by atoms with Crippen molar-refractivity contribution in [3.63, 3.8) is 0 Å². The molecule has 0 aliphatic carbocycles. The van der Waals surface area contributed by atoms with Crippen molar-refractivity contribution in [2.45, 2.75) is 33.2 Å². The Hall–Kier alpha value is -2.13. The summed E-state index contributed by atoms with van der Waals surface area (Å²) in [5.41, 5.74) is 3.08. The van der Waals surface area contributed by atoms with Crippen LogP contribution < -0.4 is 10.6 Å². The van der Waals surface area contributed by atoms with Crippen molar-refractivity contribution in [3.05, 3.63) is 65.7 Å². The molecule has 0 aliphatic heterocycles. The second-order valence-electron chi connectivity index (χ2n) is 6.10. The fourth-order valence-corrected chi connectivity index (χ4v) is 2.75. The summed E-state index contributed by atoms with van der Waals surface area (Å²) in [4.78, 5) is 12.8. The van der Waals surface area contributed by atoms with Crippen LogP contribution >= 0.6 is 0 Å². The number of amides is 1. The first-order valence-corrected chi connectivity index (χ1v) is 8.27. The Kier molecular flexibility index (Phi) is 6.36. The molecular formula is C20H26N2O. The van der Waals surface area contributed by atoms with Gasteiger partial charge in [-0.05, 0) is 35.7 Å². The van der Waals surface area contributed by atoms with Crippen LogP contribution in [0.3, 0.4) is 0 Å². The first-order valence-electron chi connectivity index (χ1n) is 8.27. The van der Waals surface area contributed by atoms with Gasteiger partial charge < -0.3 is 10.6 Å². The highest BCUT2D eigenvalue weighted by Gasteiger charge is 2.24. The molecule has 0 fully saturated rings. The summed E-state index contributed by atoms with van der Waals surface area (Å²) >= 11 is 0. The molecule has 0 saturated carbocycles. The Morgan fingerprint density at radius 1 is 1.04 bits per heavy atom. The van der Waals surface area contributed by atoms with Crippen LogP contribution in [0.5, 0.6) is 0 Å². The third kappa shape index (κ3) is 4.93. The number of hydrogen-bond acceptors (Lipinski definition) is 2. The van der Waals surface area contributed by atoms with Crippen LogP contribution in [0.25, 0.3) is 0 Å². The fourth-order valence-electron chi connectivity index (χ4n) is 2.75. The molecule has 0 saturated heterocycles. The van der Waals surface area contributed by atoms with E-state index in [0.717, 1.165) is 24.3 Å². The molecule has 2 aromatic rings. The molecule has 0 aliphatic rings. The van der Waals surface area contributed by atoms with Gasteiger partial charge in [-0.25, -0.2) is 0 Å². The lowest BCUT2D eigenvalue weighted by Gasteiger charge is -2.21. The number of nitrogens with one attached hydrogen (secondary N) is 2. The molecule has 0 spiro atoms. The largest absolute Gasteiger partial charge is 0.326 e. The minimum Gasteiger partial charge on any atom is -0.326 e. The van der Waals surface area contributed by atoms with E-state index in [4.69, 9.17) is 0 Å². The quantitative estimate of drug-likeness (QED) is 0.805. The van der Waals surface area contributed by atoms with Gasteiger partial charge >= 0.3 is 0 Å². The van der Waals surface area contributed by atoms with Gasteiger partial charge in [0.05, 0.1) is 5.92 Å². The van der Waals surface area contributed by atoms with Crippen molar-refractivity contribution in [1.29, 1.82) is 0 Å². The van der Waals surface area contributed by atoms with E-state index in [-0.39, 0.29) is 17.7 Å². The molecule has 2 rings (SSSR count). The summed E-state index contributed by atoms with van der Waals surface area (Å²) in [5, 5.41) is 6.37. The molecule has 0 radical (unpaired) electrons. The zero-order chi connectivity index (χ0) is 16.7. The molecule has 0 aromatic heterocycles. The molecule has 3 heteroatoms.